The number of rotatable bonds is 2. The summed E-state index contributed by atoms with van der Waals surface area (Å²) in [6.45, 7) is 1.10. The summed E-state index contributed by atoms with van der Waals surface area (Å²) in [7, 11) is 0. The molecule has 4 heterocycles. The first-order valence-electron chi connectivity index (χ1n) is 8.70. The van der Waals surface area contributed by atoms with E-state index in [-0.39, 0.29) is 27.0 Å². The lowest BCUT2D eigenvalue weighted by molar-refractivity contribution is -0.146. The zero-order valence-corrected chi connectivity index (χ0v) is 17.4. The second-order valence-electron chi connectivity index (χ2n) is 6.20. The number of hydrogen-bond donors (Lipinski definition) is 1. The minimum absolute atomic E-state index is 0.0132. The Labute approximate surface area is 185 Å². The Morgan fingerprint density at radius 1 is 0.750 bits per heavy atom. The summed E-state index contributed by atoms with van der Waals surface area (Å²) < 4.78 is 77.2. The Balaban J connectivity index is 0.000000181. The van der Waals surface area contributed by atoms with E-state index in [1.54, 1.807) is 6.92 Å². The van der Waals surface area contributed by atoms with Gasteiger partial charge in [0, 0.05) is 5.69 Å². The van der Waals surface area contributed by atoms with Crippen molar-refractivity contribution in [3.8, 4) is 0 Å². The molecule has 0 aromatic carbocycles. The summed E-state index contributed by atoms with van der Waals surface area (Å²) in [4.78, 5) is 0. The van der Waals surface area contributed by atoms with E-state index in [9.17, 15) is 26.3 Å². The normalized spacial score (nSPS) is 12.3. The number of halogens is 8. The minimum atomic E-state index is -4.64. The van der Waals surface area contributed by atoms with E-state index in [0.29, 0.717) is 16.5 Å². The number of nitrogens with zero attached hydrogens (tertiary/aromatic N) is 6. The number of aryl methyl sites for hydroxylation is 1. The Morgan fingerprint density at radius 3 is 1.53 bits per heavy atom. The van der Waals surface area contributed by atoms with Crippen molar-refractivity contribution in [2.24, 2.45) is 0 Å². The summed E-state index contributed by atoms with van der Waals surface area (Å²) in [5.74, 6) is -2.24. The predicted octanol–water partition coefficient (Wildman–Crippen LogP) is 4.86. The smallest absolute Gasteiger partial charge is 0.390 e. The van der Waals surface area contributed by atoms with Crippen molar-refractivity contribution < 1.29 is 31.4 Å². The highest BCUT2D eigenvalue weighted by Gasteiger charge is 2.38. The lowest BCUT2D eigenvalue weighted by Gasteiger charge is -2.09. The van der Waals surface area contributed by atoms with Gasteiger partial charge in [-0.15, -0.1) is 20.4 Å². The summed E-state index contributed by atoms with van der Waals surface area (Å²) in [5, 5.41) is 22.3. The van der Waals surface area contributed by atoms with E-state index in [1.807, 2.05) is 0 Å². The van der Waals surface area contributed by atoms with Crippen LogP contribution in [0.15, 0.2) is 24.3 Å². The van der Waals surface area contributed by atoms with Gasteiger partial charge >= 0.3 is 12.4 Å². The van der Waals surface area contributed by atoms with Crippen LogP contribution < -0.4 is 0 Å². The van der Waals surface area contributed by atoms with Crippen molar-refractivity contribution in [3.05, 3.63) is 57.3 Å². The molecule has 15 heteroatoms. The van der Waals surface area contributed by atoms with Crippen molar-refractivity contribution in [1.82, 2.24) is 29.2 Å². The van der Waals surface area contributed by atoms with Crippen LogP contribution in [0.5, 0.6) is 0 Å². The molecule has 32 heavy (non-hydrogen) atoms. The molecular weight excluding hydrogens is 489 g/mol. The fourth-order valence-electron chi connectivity index (χ4n) is 2.88. The van der Waals surface area contributed by atoms with Gasteiger partial charge in [-0.05, 0) is 30.7 Å². The van der Waals surface area contributed by atoms with Crippen LogP contribution >= 0.6 is 23.2 Å². The van der Waals surface area contributed by atoms with Crippen molar-refractivity contribution in [2.45, 2.75) is 32.3 Å². The third-order valence-corrected chi connectivity index (χ3v) is 4.90. The molecule has 4 rings (SSSR count). The van der Waals surface area contributed by atoms with Gasteiger partial charge in [0.15, 0.2) is 11.3 Å². The molecule has 0 amide bonds. The summed E-state index contributed by atoms with van der Waals surface area (Å²) >= 11 is 11.5. The average Bonchev–Trinajstić information content (AvgIpc) is 3.32. The van der Waals surface area contributed by atoms with Crippen LogP contribution in [-0.4, -0.2) is 34.3 Å². The molecule has 0 aliphatic rings. The Kier molecular flexibility index (Phi) is 6.54. The molecule has 4 aromatic rings. The first kappa shape index (κ1) is 24.0. The number of alkyl halides is 6. The zero-order valence-electron chi connectivity index (χ0n) is 15.9. The number of fused-ring (bicyclic) bond motifs is 2. The first-order valence-corrected chi connectivity index (χ1v) is 9.46. The monoisotopic (exact) mass is 500 g/mol. The molecule has 0 saturated heterocycles. The first-order chi connectivity index (χ1) is 14.9. The van der Waals surface area contributed by atoms with Gasteiger partial charge in [0.2, 0.25) is 11.6 Å². The van der Waals surface area contributed by atoms with Gasteiger partial charge in [0.25, 0.3) is 0 Å². The van der Waals surface area contributed by atoms with Crippen LogP contribution in [0.1, 0.15) is 30.0 Å². The molecule has 0 radical (unpaired) electrons. The molecule has 4 aromatic heterocycles. The van der Waals surface area contributed by atoms with Gasteiger partial charge in [0.05, 0.1) is 22.3 Å². The van der Waals surface area contributed by atoms with Crippen LogP contribution in [0.3, 0.4) is 0 Å². The number of aliphatic hydroxyl groups excluding tert-OH is 1. The van der Waals surface area contributed by atoms with E-state index in [0.717, 1.165) is 4.40 Å². The zero-order chi connectivity index (χ0) is 23.8. The van der Waals surface area contributed by atoms with Crippen LogP contribution in [0, 0.1) is 0 Å². The standard InChI is InChI=1S/C9H7ClF3N3.C8H5ClF3N3O/c1-2-6-5(10)3-4-7-14-15-8(16(6)7)9(11,12)13;9-4-1-2-6-13-14-7(8(10,11)12)15(6)5(4)3-16/h3-4H,2H2,1H3;1-2,16H,3H2. The van der Waals surface area contributed by atoms with Gasteiger partial charge in [0.1, 0.15) is 0 Å². The van der Waals surface area contributed by atoms with E-state index >= 15 is 0 Å². The highest BCUT2D eigenvalue weighted by atomic mass is 35.5. The number of aromatic nitrogens is 6. The molecule has 0 spiro atoms. The summed E-state index contributed by atoms with van der Waals surface area (Å²) in [6, 6.07) is 5.58. The molecule has 0 bridgehead atoms. The van der Waals surface area contributed by atoms with Gasteiger partial charge in [-0.1, -0.05) is 30.1 Å². The number of pyridine rings is 2. The highest BCUT2D eigenvalue weighted by Crippen LogP contribution is 2.31. The van der Waals surface area contributed by atoms with Gasteiger partial charge in [-0.3, -0.25) is 8.80 Å². The van der Waals surface area contributed by atoms with Crippen LogP contribution in [0.2, 0.25) is 10.0 Å². The van der Waals surface area contributed by atoms with Crippen LogP contribution in [0.25, 0.3) is 11.3 Å². The van der Waals surface area contributed by atoms with Crippen LogP contribution in [-0.2, 0) is 25.4 Å². The second kappa shape index (κ2) is 8.71. The van der Waals surface area contributed by atoms with Crippen LogP contribution in [0.4, 0.5) is 26.3 Å². The summed E-state index contributed by atoms with van der Waals surface area (Å²) in [5.41, 5.74) is 0.405. The second-order valence-corrected chi connectivity index (χ2v) is 7.01. The Bertz CT molecular complexity index is 1170. The van der Waals surface area contributed by atoms with Crippen molar-refractivity contribution in [1.29, 1.82) is 0 Å². The van der Waals surface area contributed by atoms with E-state index in [1.165, 1.54) is 24.3 Å². The topological polar surface area (TPSA) is 80.6 Å². The Hall–Kier alpha value is -2.64. The lowest BCUT2D eigenvalue weighted by Crippen LogP contribution is -2.13. The van der Waals surface area contributed by atoms with Crippen molar-refractivity contribution in [3.63, 3.8) is 0 Å². The van der Waals surface area contributed by atoms with E-state index in [4.69, 9.17) is 28.3 Å². The third-order valence-electron chi connectivity index (χ3n) is 4.22. The van der Waals surface area contributed by atoms with E-state index < -0.39 is 30.6 Å². The molecule has 0 aliphatic carbocycles. The highest BCUT2D eigenvalue weighted by molar-refractivity contribution is 6.31. The molecule has 0 fully saturated rings. The molecule has 172 valence electrons. The summed E-state index contributed by atoms with van der Waals surface area (Å²) in [6.07, 6.45) is -8.81. The van der Waals surface area contributed by atoms with Gasteiger partial charge in [-0.2, -0.15) is 26.3 Å². The molecule has 0 aliphatic heterocycles. The number of aliphatic hydroxyl groups is 1. The lowest BCUT2D eigenvalue weighted by atomic mass is 10.3. The molecule has 0 atom stereocenters. The molecule has 1 N–H and O–H groups in total. The van der Waals surface area contributed by atoms with Gasteiger partial charge in [-0.25, -0.2) is 0 Å². The van der Waals surface area contributed by atoms with Crippen molar-refractivity contribution >= 4 is 34.5 Å². The van der Waals surface area contributed by atoms with E-state index in [2.05, 4.69) is 20.4 Å². The third kappa shape index (κ3) is 4.45. The molecular formula is C17H12Cl2F6N6O. The maximum absolute atomic E-state index is 12.6. The quantitative estimate of drug-likeness (QED) is 0.397. The Morgan fingerprint density at radius 2 is 1.16 bits per heavy atom. The maximum Gasteiger partial charge on any atom is 0.452 e. The fourth-order valence-corrected chi connectivity index (χ4v) is 3.37. The fraction of sp³-hybridized carbons (Fsp3) is 0.294. The molecule has 7 nitrogen and oxygen atoms in total. The minimum Gasteiger partial charge on any atom is -0.390 e. The average molecular weight is 501 g/mol. The molecule has 0 unspecified atom stereocenters. The van der Waals surface area contributed by atoms with Crippen molar-refractivity contribution in [2.75, 3.05) is 0 Å². The maximum atomic E-state index is 12.6. The molecule has 0 saturated carbocycles. The number of hydrogen-bond acceptors (Lipinski definition) is 5. The van der Waals surface area contributed by atoms with Gasteiger partial charge < -0.3 is 5.11 Å². The largest absolute Gasteiger partial charge is 0.452 e. The SMILES string of the molecule is CCc1c(Cl)ccc2nnc(C(F)(F)F)n12.OCc1c(Cl)ccc2nnc(C(F)(F)F)n12. The predicted molar refractivity (Wildman–Crippen MR) is 101 cm³/mol.